The normalized spacial score (nSPS) is 23.1. The molecule has 2 saturated heterocycles. The maximum absolute atomic E-state index is 12.0. The summed E-state index contributed by atoms with van der Waals surface area (Å²) in [6.07, 6.45) is 7.33. The highest BCUT2D eigenvalue weighted by Gasteiger charge is 2.39. The molecule has 32 heavy (non-hydrogen) atoms. The van der Waals surface area contributed by atoms with E-state index in [0.717, 1.165) is 53.9 Å². The van der Waals surface area contributed by atoms with Crippen molar-refractivity contribution in [2.24, 2.45) is 0 Å². The Balaban J connectivity index is 1.38. The van der Waals surface area contributed by atoms with Crippen molar-refractivity contribution < 1.29 is 4.79 Å². The number of aromatic nitrogens is 4. The molecule has 0 saturated carbocycles. The van der Waals surface area contributed by atoms with Gasteiger partial charge in [-0.25, -0.2) is 4.98 Å². The molecule has 3 aromatic rings. The first-order valence-electron chi connectivity index (χ1n) is 11.4. The first-order valence-corrected chi connectivity index (χ1v) is 11.4. The van der Waals surface area contributed by atoms with E-state index < -0.39 is 0 Å². The highest BCUT2D eigenvalue weighted by molar-refractivity contribution is 5.91. The predicted molar refractivity (Wildman–Crippen MR) is 125 cm³/mol. The number of carbonyl (C=O) groups is 1. The Labute approximate surface area is 187 Å². The summed E-state index contributed by atoms with van der Waals surface area (Å²) in [5.41, 5.74) is 1.87. The third-order valence-corrected chi connectivity index (χ3v) is 6.63. The van der Waals surface area contributed by atoms with E-state index in [1.54, 1.807) is 13.2 Å². The molecule has 0 unspecified atom stereocenters. The Morgan fingerprint density at radius 1 is 1.22 bits per heavy atom. The number of aromatic amines is 1. The average Bonchev–Trinajstić information content (AvgIpc) is 3.18. The first-order chi connectivity index (χ1) is 15.6. The van der Waals surface area contributed by atoms with Crippen molar-refractivity contribution in [3.05, 3.63) is 36.2 Å². The number of H-pyrrole nitrogens is 1. The lowest BCUT2D eigenvalue weighted by atomic mass is 9.81. The highest BCUT2D eigenvalue weighted by Crippen LogP contribution is 2.36. The van der Waals surface area contributed by atoms with Crippen LogP contribution < -0.4 is 16.0 Å². The standard InChI is InChI=1S/C23H30N8O/c1-14-9-21(30-29-14)27-20-12-19-18(7-4-8-25-19)23(28-20)26-15-10-16-5-3-6-17(11-15)31(16)13-22(32)24-2/h4,7-9,12,15-17H,3,5-6,10-11,13H2,1-2H3,(H,24,32)(H3,26,27,28,29,30)/t15-,16-,17+. The molecule has 168 valence electrons. The molecule has 2 fully saturated rings. The van der Waals surface area contributed by atoms with E-state index in [1.165, 1.54) is 6.42 Å². The molecule has 9 nitrogen and oxygen atoms in total. The van der Waals surface area contributed by atoms with Crippen molar-refractivity contribution in [2.45, 2.75) is 57.2 Å². The van der Waals surface area contributed by atoms with E-state index >= 15 is 0 Å². The quantitative estimate of drug-likeness (QED) is 0.472. The van der Waals surface area contributed by atoms with Crippen molar-refractivity contribution in [1.29, 1.82) is 0 Å². The van der Waals surface area contributed by atoms with Gasteiger partial charge in [-0.3, -0.25) is 19.8 Å². The number of likely N-dealkylation sites (N-methyl/N-ethyl adjacent to an activating group) is 1. The third kappa shape index (κ3) is 4.25. The van der Waals surface area contributed by atoms with Gasteiger partial charge in [-0.2, -0.15) is 5.10 Å². The minimum Gasteiger partial charge on any atom is -0.367 e. The lowest BCUT2D eigenvalue weighted by molar-refractivity contribution is -0.124. The molecular weight excluding hydrogens is 404 g/mol. The van der Waals surface area contributed by atoms with Gasteiger partial charge in [0.25, 0.3) is 0 Å². The Morgan fingerprint density at radius 2 is 2.03 bits per heavy atom. The molecule has 0 aromatic carbocycles. The van der Waals surface area contributed by atoms with Gasteiger partial charge in [-0.15, -0.1) is 0 Å². The van der Waals surface area contributed by atoms with Gasteiger partial charge in [0.1, 0.15) is 11.6 Å². The van der Waals surface area contributed by atoms with Crippen LogP contribution in [0, 0.1) is 6.92 Å². The average molecular weight is 435 g/mol. The fraction of sp³-hybridized carbons (Fsp3) is 0.478. The van der Waals surface area contributed by atoms with Gasteiger partial charge in [0.2, 0.25) is 5.91 Å². The van der Waals surface area contributed by atoms with Crippen LogP contribution in [0.2, 0.25) is 0 Å². The number of nitrogens with one attached hydrogen (secondary N) is 4. The van der Waals surface area contributed by atoms with Crippen LogP contribution in [-0.4, -0.2) is 62.7 Å². The molecule has 3 atom stereocenters. The molecule has 0 spiro atoms. The Kier molecular flexibility index (Phi) is 5.65. The number of hydrogen-bond acceptors (Lipinski definition) is 7. The highest BCUT2D eigenvalue weighted by atomic mass is 16.1. The molecule has 5 heterocycles. The number of rotatable bonds is 6. The molecular formula is C23H30N8O. The van der Waals surface area contributed by atoms with Crippen LogP contribution >= 0.6 is 0 Å². The van der Waals surface area contributed by atoms with Gasteiger partial charge in [-0.05, 0) is 44.7 Å². The summed E-state index contributed by atoms with van der Waals surface area (Å²) in [6.45, 7) is 2.46. The summed E-state index contributed by atoms with van der Waals surface area (Å²) in [4.78, 5) is 23.9. The van der Waals surface area contributed by atoms with Crippen LogP contribution in [0.25, 0.3) is 10.9 Å². The largest absolute Gasteiger partial charge is 0.367 e. The van der Waals surface area contributed by atoms with Crippen LogP contribution in [0.1, 0.15) is 37.8 Å². The van der Waals surface area contributed by atoms with Gasteiger partial charge in [0.15, 0.2) is 5.82 Å². The number of fused-ring (bicyclic) bond motifs is 3. The maximum Gasteiger partial charge on any atom is 0.233 e. The Morgan fingerprint density at radius 3 is 2.75 bits per heavy atom. The number of carbonyl (C=O) groups excluding carboxylic acids is 1. The lowest BCUT2D eigenvalue weighted by Gasteiger charge is -2.48. The number of aryl methyl sites for hydroxylation is 1. The van der Waals surface area contributed by atoms with Crippen molar-refractivity contribution in [3.8, 4) is 0 Å². The summed E-state index contributed by atoms with van der Waals surface area (Å²) in [7, 11) is 1.71. The van der Waals surface area contributed by atoms with Crippen LogP contribution in [0.4, 0.5) is 17.5 Å². The van der Waals surface area contributed by atoms with Crippen molar-refractivity contribution in [1.82, 2.24) is 30.4 Å². The summed E-state index contributed by atoms with van der Waals surface area (Å²) >= 11 is 0. The molecule has 5 rings (SSSR count). The second-order valence-electron chi connectivity index (χ2n) is 8.88. The summed E-state index contributed by atoms with van der Waals surface area (Å²) in [5, 5.41) is 18.0. The van der Waals surface area contributed by atoms with Gasteiger partial charge in [0.05, 0.1) is 12.1 Å². The smallest absolute Gasteiger partial charge is 0.233 e. The summed E-state index contributed by atoms with van der Waals surface area (Å²) < 4.78 is 0. The van der Waals surface area contributed by atoms with Gasteiger partial charge in [0, 0.05) is 54.6 Å². The van der Waals surface area contributed by atoms with Gasteiger partial charge < -0.3 is 16.0 Å². The zero-order chi connectivity index (χ0) is 22.1. The zero-order valence-electron chi connectivity index (χ0n) is 18.6. The summed E-state index contributed by atoms with van der Waals surface area (Å²) in [6, 6.07) is 9.06. The fourth-order valence-corrected chi connectivity index (χ4v) is 5.16. The van der Waals surface area contributed by atoms with E-state index in [9.17, 15) is 4.79 Å². The van der Waals surface area contributed by atoms with Crippen molar-refractivity contribution in [3.63, 3.8) is 0 Å². The second-order valence-corrected chi connectivity index (χ2v) is 8.88. The predicted octanol–water partition coefficient (Wildman–Crippen LogP) is 2.95. The molecule has 2 aliphatic heterocycles. The van der Waals surface area contributed by atoms with E-state index in [2.05, 4.69) is 42.1 Å². The molecule has 2 bridgehead atoms. The zero-order valence-corrected chi connectivity index (χ0v) is 18.6. The van der Waals surface area contributed by atoms with Crippen LogP contribution in [-0.2, 0) is 4.79 Å². The van der Waals surface area contributed by atoms with Crippen molar-refractivity contribution >= 4 is 34.3 Å². The van der Waals surface area contributed by atoms with Crippen LogP contribution in [0.15, 0.2) is 30.5 Å². The third-order valence-electron chi connectivity index (χ3n) is 6.63. The maximum atomic E-state index is 12.0. The van der Waals surface area contributed by atoms with Gasteiger partial charge >= 0.3 is 0 Å². The topological polar surface area (TPSA) is 111 Å². The van der Waals surface area contributed by atoms with Gasteiger partial charge in [-0.1, -0.05) is 6.42 Å². The van der Waals surface area contributed by atoms with Crippen LogP contribution in [0.5, 0.6) is 0 Å². The fourth-order valence-electron chi connectivity index (χ4n) is 5.16. The van der Waals surface area contributed by atoms with E-state index in [1.807, 2.05) is 25.1 Å². The number of pyridine rings is 2. The Hall–Kier alpha value is -3.20. The summed E-state index contributed by atoms with van der Waals surface area (Å²) in [5.74, 6) is 2.38. The number of amides is 1. The number of anilines is 3. The minimum atomic E-state index is 0.0967. The lowest BCUT2D eigenvalue weighted by Crippen LogP contribution is -2.57. The second kappa shape index (κ2) is 8.74. The number of hydrogen-bond donors (Lipinski definition) is 4. The van der Waals surface area contributed by atoms with E-state index in [4.69, 9.17) is 4.98 Å². The number of piperidine rings is 2. The van der Waals surface area contributed by atoms with E-state index in [-0.39, 0.29) is 5.91 Å². The van der Waals surface area contributed by atoms with Crippen LogP contribution in [0.3, 0.4) is 0 Å². The Bertz CT molecular complexity index is 1100. The monoisotopic (exact) mass is 434 g/mol. The number of nitrogens with zero attached hydrogens (tertiary/aromatic N) is 4. The molecule has 0 radical (unpaired) electrons. The molecule has 1 amide bonds. The van der Waals surface area contributed by atoms with E-state index in [0.29, 0.717) is 30.5 Å². The molecule has 0 aliphatic carbocycles. The SMILES string of the molecule is CNC(=O)CN1[C@@H]2CCC[C@H]1C[C@H](Nc1nc(Nc3cc(C)[nH]n3)cc3ncccc13)C2. The van der Waals surface area contributed by atoms with Crippen molar-refractivity contribution in [2.75, 3.05) is 24.2 Å². The molecule has 4 N–H and O–H groups in total. The molecule has 2 aliphatic rings. The first kappa shape index (κ1) is 20.7. The molecule has 3 aromatic heterocycles. The minimum absolute atomic E-state index is 0.0967. The molecule has 9 heteroatoms.